The van der Waals surface area contributed by atoms with Gasteiger partial charge in [0.05, 0.1) is 17.2 Å². The lowest BCUT2D eigenvalue weighted by Gasteiger charge is -2.15. The van der Waals surface area contributed by atoms with Gasteiger partial charge in [0.15, 0.2) is 6.10 Å². The Morgan fingerprint density at radius 1 is 1.08 bits per heavy atom. The highest BCUT2D eigenvalue weighted by atomic mass is 35.5. The number of benzene rings is 2. The summed E-state index contributed by atoms with van der Waals surface area (Å²) in [4.78, 5) is 12.1. The van der Waals surface area contributed by atoms with Gasteiger partial charge in [0.1, 0.15) is 11.5 Å². The van der Waals surface area contributed by atoms with E-state index >= 15 is 0 Å². The van der Waals surface area contributed by atoms with Crippen LogP contribution in [0.5, 0.6) is 11.5 Å². The molecule has 0 saturated carbocycles. The highest BCUT2D eigenvalue weighted by Crippen LogP contribution is 2.26. The largest absolute Gasteiger partial charge is 0.497 e. The van der Waals surface area contributed by atoms with Gasteiger partial charge in [0.2, 0.25) is 0 Å². The van der Waals surface area contributed by atoms with Crippen LogP contribution in [0, 0.1) is 0 Å². The fourth-order valence-electron chi connectivity index (χ4n) is 2.07. The molecule has 0 saturated heterocycles. The van der Waals surface area contributed by atoms with Crippen LogP contribution in [0.2, 0.25) is 10.0 Å². The highest BCUT2D eigenvalue weighted by molar-refractivity contribution is 6.42. The van der Waals surface area contributed by atoms with Crippen molar-refractivity contribution in [3.05, 3.63) is 58.1 Å². The first kappa shape index (κ1) is 18.4. The molecule has 1 N–H and O–H groups in total. The van der Waals surface area contributed by atoms with Crippen LogP contribution in [-0.2, 0) is 11.2 Å². The van der Waals surface area contributed by atoms with Gasteiger partial charge in [-0.15, -0.1) is 0 Å². The van der Waals surface area contributed by atoms with Crippen LogP contribution >= 0.6 is 23.2 Å². The number of rotatable bonds is 7. The maximum atomic E-state index is 12.1. The van der Waals surface area contributed by atoms with Crippen LogP contribution < -0.4 is 14.8 Å². The highest BCUT2D eigenvalue weighted by Gasteiger charge is 2.14. The average Bonchev–Trinajstić information content (AvgIpc) is 2.58. The number of nitrogens with one attached hydrogen (secondary N) is 1. The van der Waals surface area contributed by atoms with Gasteiger partial charge in [-0.2, -0.15) is 0 Å². The van der Waals surface area contributed by atoms with Crippen LogP contribution in [0.25, 0.3) is 0 Å². The lowest BCUT2D eigenvalue weighted by molar-refractivity contribution is -0.127. The summed E-state index contributed by atoms with van der Waals surface area (Å²) in [6.45, 7) is 2.21. The van der Waals surface area contributed by atoms with E-state index in [1.54, 1.807) is 32.2 Å². The van der Waals surface area contributed by atoms with E-state index in [0.29, 0.717) is 22.3 Å². The van der Waals surface area contributed by atoms with E-state index < -0.39 is 6.10 Å². The maximum Gasteiger partial charge on any atom is 0.260 e. The van der Waals surface area contributed by atoms with Gasteiger partial charge in [0, 0.05) is 12.6 Å². The van der Waals surface area contributed by atoms with Gasteiger partial charge < -0.3 is 14.8 Å². The van der Waals surface area contributed by atoms with Crippen LogP contribution in [0.1, 0.15) is 12.5 Å². The monoisotopic (exact) mass is 367 g/mol. The first-order valence-electron chi connectivity index (χ1n) is 7.52. The Hall–Kier alpha value is -1.91. The number of halogens is 2. The average molecular weight is 368 g/mol. The summed E-state index contributed by atoms with van der Waals surface area (Å²) >= 11 is 11.8. The molecule has 1 atom stereocenters. The first-order chi connectivity index (χ1) is 11.5. The molecule has 4 nitrogen and oxygen atoms in total. The van der Waals surface area contributed by atoms with Gasteiger partial charge in [-0.1, -0.05) is 35.3 Å². The molecule has 0 aromatic heterocycles. The number of methoxy groups -OCH3 is 1. The first-order valence-corrected chi connectivity index (χ1v) is 8.27. The summed E-state index contributed by atoms with van der Waals surface area (Å²) < 4.78 is 10.7. The van der Waals surface area contributed by atoms with Crippen molar-refractivity contribution in [2.45, 2.75) is 19.4 Å². The molecule has 1 unspecified atom stereocenters. The predicted octanol–water partition coefficient (Wildman–Crippen LogP) is 4.13. The minimum atomic E-state index is -0.627. The lowest BCUT2D eigenvalue weighted by atomic mass is 10.1. The van der Waals surface area contributed by atoms with Crippen molar-refractivity contribution in [3.63, 3.8) is 0 Å². The zero-order chi connectivity index (χ0) is 17.5. The molecule has 2 rings (SSSR count). The van der Waals surface area contributed by atoms with Crippen molar-refractivity contribution in [1.29, 1.82) is 0 Å². The molecule has 0 aliphatic heterocycles. The Kier molecular flexibility index (Phi) is 6.76. The summed E-state index contributed by atoms with van der Waals surface area (Å²) in [6, 6.07) is 12.6. The van der Waals surface area contributed by atoms with E-state index in [2.05, 4.69) is 5.32 Å². The Labute approximate surface area is 151 Å². The summed E-state index contributed by atoms with van der Waals surface area (Å²) in [7, 11) is 1.63. The van der Waals surface area contributed by atoms with E-state index in [1.165, 1.54) is 0 Å². The minimum absolute atomic E-state index is 0.186. The van der Waals surface area contributed by atoms with Crippen molar-refractivity contribution in [2.24, 2.45) is 0 Å². The Morgan fingerprint density at radius 3 is 2.38 bits per heavy atom. The maximum absolute atomic E-state index is 12.1. The lowest BCUT2D eigenvalue weighted by Crippen LogP contribution is -2.37. The van der Waals surface area contributed by atoms with E-state index in [9.17, 15) is 4.79 Å². The standard InChI is InChI=1S/C18H19Cl2NO3/c1-12(24-15-7-8-16(19)17(20)11-15)18(22)21-10-9-13-3-5-14(23-2)6-4-13/h3-8,11-12H,9-10H2,1-2H3,(H,21,22). The molecule has 0 bridgehead atoms. The van der Waals surface area contributed by atoms with Crippen molar-refractivity contribution in [3.8, 4) is 11.5 Å². The topological polar surface area (TPSA) is 47.6 Å². The number of hydrogen-bond donors (Lipinski definition) is 1. The second-order valence-electron chi connectivity index (χ2n) is 5.23. The van der Waals surface area contributed by atoms with Gasteiger partial charge in [-0.05, 0) is 43.2 Å². The van der Waals surface area contributed by atoms with Crippen molar-refractivity contribution < 1.29 is 14.3 Å². The van der Waals surface area contributed by atoms with Crippen LogP contribution in [-0.4, -0.2) is 25.7 Å². The Morgan fingerprint density at radius 2 is 1.75 bits per heavy atom. The van der Waals surface area contributed by atoms with E-state index in [4.69, 9.17) is 32.7 Å². The fraction of sp³-hybridized carbons (Fsp3) is 0.278. The summed E-state index contributed by atoms with van der Waals surface area (Å²) in [5, 5.41) is 3.69. The molecule has 0 heterocycles. The zero-order valence-electron chi connectivity index (χ0n) is 13.5. The van der Waals surface area contributed by atoms with E-state index in [-0.39, 0.29) is 5.91 Å². The molecule has 0 aliphatic rings. The molecule has 24 heavy (non-hydrogen) atoms. The third kappa shape index (κ3) is 5.32. The second-order valence-corrected chi connectivity index (χ2v) is 6.04. The quantitative estimate of drug-likeness (QED) is 0.800. The molecule has 6 heteroatoms. The molecule has 0 radical (unpaired) electrons. The predicted molar refractivity (Wildman–Crippen MR) is 96.3 cm³/mol. The van der Waals surface area contributed by atoms with Crippen molar-refractivity contribution in [1.82, 2.24) is 5.32 Å². The van der Waals surface area contributed by atoms with Gasteiger partial charge in [-0.3, -0.25) is 4.79 Å². The molecule has 2 aromatic carbocycles. The number of carbonyl (C=O) groups excluding carboxylic acids is 1. The molecule has 0 spiro atoms. The van der Waals surface area contributed by atoms with Gasteiger partial charge in [-0.25, -0.2) is 0 Å². The molecule has 0 fully saturated rings. The number of carbonyl (C=O) groups is 1. The smallest absolute Gasteiger partial charge is 0.260 e. The third-order valence-corrected chi connectivity index (χ3v) is 4.18. The molecule has 2 aromatic rings. The number of amides is 1. The molecular formula is C18H19Cl2NO3. The zero-order valence-corrected chi connectivity index (χ0v) is 15.0. The molecule has 1 amide bonds. The summed E-state index contributed by atoms with van der Waals surface area (Å²) in [5.41, 5.74) is 1.12. The van der Waals surface area contributed by atoms with E-state index in [1.807, 2.05) is 24.3 Å². The van der Waals surface area contributed by atoms with Gasteiger partial charge >= 0.3 is 0 Å². The van der Waals surface area contributed by atoms with E-state index in [0.717, 1.165) is 17.7 Å². The van der Waals surface area contributed by atoms with Crippen molar-refractivity contribution in [2.75, 3.05) is 13.7 Å². The van der Waals surface area contributed by atoms with Crippen LogP contribution in [0.15, 0.2) is 42.5 Å². The van der Waals surface area contributed by atoms with Crippen molar-refractivity contribution >= 4 is 29.1 Å². The fourth-order valence-corrected chi connectivity index (χ4v) is 2.36. The van der Waals surface area contributed by atoms with Crippen LogP contribution in [0.4, 0.5) is 0 Å². The normalized spacial score (nSPS) is 11.7. The summed E-state index contributed by atoms with van der Waals surface area (Å²) in [6.07, 6.45) is 0.105. The second kappa shape index (κ2) is 8.81. The SMILES string of the molecule is COc1ccc(CCNC(=O)C(C)Oc2ccc(Cl)c(Cl)c2)cc1. The summed E-state index contributed by atoms with van der Waals surface area (Å²) in [5.74, 6) is 1.13. The molecular weight excluding hydrogens is 349 g/mol. The Balaban J connectivity index is 1.79. The minimum Gasteiger partial charge on any atom is -0.497 e. The third-order valence-electron chi connectivity index (χ3n) is 3.45. The number of ether oxygens (including phenoxy) is 2. The Bertz CT molecular complexity index is 689. The molecule has 128 valence electrons. The van der Waals surface area contributed by atoms with Gasteiger partial charge in [0.25, 0.3) is 5.91 Å². The molecule has 0 aliphatic carbocycles. The number of hydrogen-bond acceptors (Lipinski definition) is 3. The van der Waals surface area contributed by atoms with Crippen LogP contribution in [0.3, 0.4) is 0 Å².